The number of carbonyl (C=O) groups excluding carboxylic acids is 1. The average Bonchev–Trinajstić information content (AvgIpc) is 3.01. The largest absolute Gasteiger partial charge is 0.457 e. The first-order valence-electron chi connectivity index (χ1n) is 7.44. The topological polar surface area (TPSA) is 66.2 Å². The van der Waals surface area contributed by atoms with E-state index < -0.39 is 12.3 Å². The fraction of sp³-hybridized carbons (Fsp3) is 0.533. The summed E-state index contributed by atoms with van der Waals surface area (Å²) in [6.45, 7) is 5.45. The normalized spacial score (nSPS) is 27.5. The highest BCUT2D eigenvalue weighted by molar-refractivity contribution is 6.35. The number of hydrogen-bond donors (Lipinski definition) is 0. The molecule has 2 aromatic heterocycles. The highest BCUT2D eigenvalue weighted by Gasteiger charge is 2.44. The highest BCUT2D eigenvalue weighted by Crippen LogP contribution is 2.39. The van der Waals surface area contributed by atoms with Crippen molar-refractivity contribution in [3.8, 4) is 0 Å². The molecule has 1 fully saturated rings. The van der Waals surface area contributed by atoms with Gasteiger partial charge in [0.25, 0.3) is 0 Å². The molecule has 0 aliphatic carbocycles. The molecule has 0 bridgehead atoms. The van der Waals surface area contributed by atoms with Gasteiger partial charge < -0.3 is 14.0 Å². The SMILES string of the molecule is CC[C@H]1O[C@@H](n2ccc3c(Cl)nc(Cl)nc32)[C@H](OC(C)=O)[C@@H]1C. The van der Waals surface area contributed by atoms with Crippen molar-refractivity contribution < 1.29 is 14.3 Å². The molecule has 2 aromatic rings. The van der Waals surface area contributed by atoms with Gasteiger partial charge in [0.1, 0.15) is 10.8 Å². The van der Waals surface area contributed by atoms with Crippen LogP contribution < -0.4 is 0 Å². The van der Waals surface area contributed by atoms with Crippen LogP contribution in [-0.4, -0.2) is 32.7 Å². The Bertz CT molecular complexity index is 749. The molecular formula is C15H17Cl2N3O3. The summed E-state index contributed by atoms with van der Waals surface area (Å²) in [7, 11) is 0. The molecule has 0 radical (unpaired) electrons. The van der Waals surface area contributed by atoms with E-state index in [0.717, 1.165) is 6.42 Å². The minimum Gasteiger partial charge on any atom is -0.457 e. The van der Waals surface area contributed by atoms with E-state index in [2.05, 4.69) is 9.97 Å². The van der Waals surface area contributed by atoms with Crippen LogP contribution in [0.4, 0.5) is 0 Å². The van der Waals surface area contributed by atoms with Crippen LogP contribution in [0.15, 0.2) is 12.3 Å². The van der Waals surface area contributed by atoms with Gasteiger partial charge in [0.2, 0.25) is 5.28 Å². The molecule has 23 heavy (non-hydrogen) atoms. The van der Waals surface area contributed by atoms with Gasteiger partial charge in [-0.3, -0.25) is 4.79 Å². The van der Waals surface area contributed by atoms with Gasteiger partial charge in [-0.1, -0.05) is 25.4 Å². The summed E-state index contributed by atoms with van der Waals surface area (Å²) in [6, 6.07) is 1.80. The minimum atomic E-state index is -0.474. The highest BCUT2D eigenvalue weighted by atomic mass is 35.5. The van der Waals surface area contributed by atoms with Gasteiger partial charge in [-0.15, -0.1) is 0 Å². The van der Waals surface area contributed by atoms with Crippen molar-refractivity contribution in [1.82, 2.24) is 14.5 Å². The van der Waals surface area contributed by atoms with Crippen molar-refractivity contribution in [3.63, 3.8) is 0 Å². The molecule has 0 spiro atoms. The first-order chi connectivity index (χ1) is 10.9. The number of nitrogens with zero attached hydrogens (tertiary/aromatic N) is 3. The minimum absolute atomic E-state index is 0.00502. The molecule has 1 aliphatic rings. The predicted octanol–water partition coefficient (Wildman–Crippen LogP) is 3.61. The lowest BCUT2D eigenvalue weighted by molar-refractivity contribution is -0.153. The lowest BCUT2D eigenvalue weighted by Gasteiger charge is -2.22. The van der Waals surface area contributed by atoms with Crippen molar-refractivity contribution >= 4 is 40.2 Å². The summed E-state index contributed by atoms with van der Waals surface area (Å²) in [6.07, 6.45) is 1.74. The fourth-order valence-electron chi connectivity index (χ4n) is 3.08. The smallest absolute Gasteiger partial charge is 0.303 e. The van der Waals surface area contributed by atoms with Gasteiger partial charge >= 0.3 is 5.97 Å². The third-order valence-electron chi connectivity index (χ3n) is 4.18. The summed E-state index contributed by atoms with van der Waals surface area (Å²) in [4.78, 5) is 19.7. The third-order valence-corrected chi connectivity index (χ3v) is 4.63. The Labute approximate surface area is 143 Å². The number of ether oxygens (including phenoxy) is 2. The van der Waals surface area contributed by atoms with Gasteiger partial charge in [-0.2, -0.15) is 4.98 Å². The number of halogens is 2. The second-order valence-corrected chi connectivity index (χ2v) is 6.35. The molecule has 0 amide bonds. The van der Waals surface area contributed by atoms with Crippen molar-refractivity contribution in [1.29, 1.82) is 0 Å². The quantitative estimate of drug-likeness (QED) is 0.476. The predicted molar refractivity (Wildman–Crippen MR) is 86.5 cm³/mol. The van der Waals surface area contributed by atoms with Gasteiger partial charge in [0.05, 0.1) is 11.5 Å². The lowest BCUT2D eigenvalue weighted by atomic mass is 9.98. The maximum Gasteiger partial charge on any atom is 0.303 e. The summed E-state index contributed by atoms with van der Waals surface area (Å²) in [5, 5.41) is 1.01. The van der Waals surface area contributed by atoms with Crippen molar-refractivity contribution in [2.75, 3.05) is 0 Å². The van der Waals surface area contributed by atoms with Crippen LogP contribution in [0.25, 0.3) is 11.0 Å². The standard InChI is InChI=1S/C15H17Cl2N3O3/c1-4-10-7(2)11(22-8(3)21)14(23-10)20-6-5-9-12(16)18-15(17)19-13(9)20/h5-7,10-11,14H,4H2,1-3H3/t7-,10-,11-,14-/m1/s1. The number of esters is 1. The number of hydrogen-bond acceptors (Lipinski definition) is 5. The Morgan fingerprint density at radius 2 is 2.17 bits per heavy atom. The van der Waals surface area contributed by atoms with E-state index in [0.29, 0.717) is 11.0 Å². The van der Waals surface area contributed by atoms with Crippen LogP contribution in [0.3, 0.4) is 0 Å². The molecule has 0 N–H and O–H groups in total. The molecule has 4 atom stereocenters. The van der Waals surface area contributed by atoms with Gasteiger partial charge in [-0.05, 0) is 24.1 Å². The summed E-state index contributed by atoms with van der Waals surface area (Å²) >= 11 is 12.0. The first-order valence-corrected chi connectivity index (χ1v) is 8.20. The van der Waals surface area contributed by atoms with Crippen LogP contribution in [-0.2, 0) is 14.3 Å². The second kappa shape index (κ2) is 6.26. The van der Waals surface area contributed by atoms with E-state index in [-0.39, 0.29) is 28.4 Å². The van der Waals surface area contributed by atoms with Crippen LogP contribution in [0, 0.1) is 5.92 Å². The van der Waals surface area contributed by atoms with E-state index in [9.17, 15) is 4.79 Å². The molecule has 1 saturated heterocycles. The summed E-state index contributed by atoms with van der Waals surface area (Å²) < 4.78 is 13.4. The maximum absolute atomic E-state index is 11.5. The summed E-state index contributed by atoms with van der Waals surface area (Å²) in [5.74, 6) is -0.270. The van der Waals surface area contributed by atoms with Crippen molar-refractivity contribution in [2.24, 2.45) is 5.92 Å². The van der Waals surface area contributed by atoms with E-state index >= 15 is 0 Å². The van der Waals surface area contributed by atoms with E-state index in [1.165, 1.54) is 6.92 Å². The summed E-state index contributed by atoms with van der Waals surface area (Å²) in [5.41, 5.74) is 0.557. The Balaban J connectivity index is 2.06. The van der Waals surface area contributed by atoms with Crippen molar-refractivity contribution in [2.45, 2.75) is 45.6 Å². The lowest BCUT2D eigenvalue weighted by Crippen LogP contribution is -2.29. The maximum atomic E-state index is 11.5. The average molecular weight is 358 g/mol. The number of carbonyl (C=O) groups is 1. The molecule has 0 aromatic carbocycles. The van der Waals surface area contributed by atoms with Gasteiger partial charge in [0.15, 0.2) is 12.3 Å². The Morgan fingerprint density at radius 3 is 2.83 bits per heavy atom. The molecule has 1 aliphatic heterocycles. The number of fused-ring (bicyclic) bond motifs is 1. The molecule has 3 rings (SSSR count). The molecule has 8 heteroatoms. The Kier molecular flexibility index (Phi) is 4.49. The van der Waals surface area contributed by atoms with Crippen LogP contribution in [0.2, 0.25) is 10.4 Å². The van der Waals surface area contributed by atoms with Crippen molar-refractivity contribution in [3.05, 3.63) is 22.7 Å². The zero-order valence-electron chi connectivity index (χ0n) is 13.0. The number of rotatable bonds is 3. The third kappa shape index (κ3) is 2.91. The van der Waals surface area contributed by atoms with Crippen LogP contribution in [0.5, 0.6) is 0 Å². The molecule has 6 nitrogen and oxygen atoms in total. The molecule has 124 valence electrons. The molecule has 0 unspecified atom stereocenters. The van der Waals surface area contributed by atoms with Gasteiger partial charge in [0, 0.05) is 19.0 Å². The zero-order valence-corrected chi connectivity index (χ0v) is 14.5. The van der Waals surface area contributed by atoms with Crippen LogP contribution >= 0.6 is 23.2 Å². The first kappa shape index (κ1) is 16.5. The van der Waals surface area contributed by atoms with E-state index in [4.69, 9.17) is 32.7 Å². The zero-order chi connectivity index (χ0) is 16.7. The van der Waals surface area contributed by atoms with E-state index in [1.807, 2.05) is 13.8 Å². The Hall–Kier alpha value is -1.37. The van der Waals surface area contributed by atoms with Crippen LogP contribution in [0.1, 0.15) is 33.4 Å². The molecule has 0 saturated carbocycles. The van der Waals surface area contributed by atoms with Gasteiger partial charge in [-0.25, -0.2) is 4.98 Å². The molecular weight excluding hydrogens is 341 g/mol. The fourth-order valence-corrected chi connectivity index (χ4v) is 3.51. The van der Waals surface area contributed by atoms with E-state index in [1.54, 1.807) is 16.8 Å². The Morgan fingerprint density at radius 1 is 1.43 bits per heavy atom. The number of aromatic nitrogens is 3. The molecule has 3 heterocycles. The second-order valence-electron chi connectivity index (χ2n) is 5.65. The monoisotopic (exact) mass is 357 g/mol.